The van der Waals surface area contributed by atoms with Gasteiger partial charge in [-0.3, -0.25) is 4.79 Å². The predicted octanol–water partition coefficient (Wildman–Crippen LogP) is 3.37. The second kappa shape index (κ2) is 5.04. The highest BCUT2D eigenvalue weighted by atomic mass is 16.1. The first-order valence-electron chi connectivity index (χ1n) is 6.99. The smallest absolute Gasteiger partial charge is 0.206 e. The van der Waals surface area contributed by atoms with Crippen molar-refractivity contribution in [3.05, 3.63) is 65.5 Å². The van der Waals surface area contributed by atoms with Crippen molar-refractivity contribution in [1.82, 2.24) is 0 Å². The standard InChI is InChI=1S/C18H18NO/c1-13(2)18(20)15-8-9-17-10-16(12-19(17)11-15)14-6-4-3-5-7-14/h3-11,13H,12H2,1-2H3/q+1. The normalized spacial score (nSPS) is 13.2. The Bertz CT molecular complexity index is 684. The van der Waals surface area contributed by atoms with Gasteiger partial charge in [-0.2, -0.15) is 4.57 Å². The third-order valence-corrected chi connectivity index (χ3v) is 3.68. The Morgan fingerprint density at radius 1 is 1.10 bits per heavy atom. The van der Waals surface area contributed by atoms with Gasteiger partial charge in [0, 0.05) is 23.6 Å². The molecule has 1 aromatic carbocycles. The highest BCUT2D eigenvalue weighted by Gasteiger charge is 2.23. The molecule has 0 saturated heterocycles. The van der Waals surface area contributed by atoms with Crippen LogP contribution in [0.3, 0.4) is 0 Å². The van der Waals surface area contributed by atoms with E-state index in [-0.39, 0.29) is 11.7 Å². The zero-order chi connectivity index (χ0) is 14.1. The minimum atomic E-state index is 0.0385. The summed E-state index contributed by atoms with van der Waals surface area (Å²) in [6, 6.07) is 14.3. The number of allylic oxidation sites excluding steroid dienone is 1. The molecule has 0 bridgehead atoms. The summed E-state index contributed by atoms with van der Waals surface area (Å²) in [6.07, 6.45) is 4.17. The molecule has 0 unspecified atom stereocenters. The van der Waals surface area contributed by atoms with Gasteiger partial charge in [-0.25, -0.2) is 0 Å². The van der Waals surface area contributed by atoms with Crippen LogP contribution in [0.25, 0.3) is 11.6 Å². The van der Waals surface area contributed by atoms with Gasteiger partial charge in [0.1, 0.15) is 0 Å². The van der Waals surface area contributed by atoms with Gasteiger partial charge >= 0.3 is 0 Å². The Morgan fingerprint density at radius 3 is 2.55 bits per heavy atom. The summed E-state index contributed by atoms with van der Waals surface area (Å²) in [5.41, 5.74) is 4.49. The number of carbonyl (C=O) groups is 1. The minimum Gasteiger partial charge on any atom is -0.294 e. The molecule has 2 heterocycles. The van der Waals surface area contributed by atoms with Crippen LogP contribution in [0.5, 0.6) is 0 Å². The SMILES string of the molecule is CC(C)C(=O)c1ccc2[n+](c1)CC(c1ccccc1)=C2. The number of nitrogens with zero attached hydrogens (tertiary/aromatic N) is 1. The van der Waals surface area contributed by atoms with Crippen LogP contribution >= 0.6 is 0 Å². The Kier molecular flexibility index (Phi) is 3.23. The Morgan fingerprint density at radius 2 is 1.85 bits per heavy atom. The van der Waals surface area contributed by atoms with Crippen LogP contribution in [-0.4, -0.2) is 5.78 Å². The lowest BCUT2D eigenvalue weighted by Crippen LogP contribution is -2.35. The maximum Gasteiger partial charge on any atom is 0.206 e. The molecule has 0 spiro atoms. The molecule has 0 amide bonds. The zero-order valence-corrected chi connectivity index (χ0v) is 11.8. The number of pyridine rings is 1. The van der Waals surface area contributed by atoms with Crippen molar-refractivity contribution in [2.45, 2.75) is 20.4 Å². The Balaban J connectivity index is 1.90. The van der Waals surface area contributed by atoms with Crippen LogP contribution in [0.15, 0.2) is 48.7 Å². The van der Waals surface area contributed by atoms with Crippen molar-refractivity contribution in [3.8, 4) is 0 Å². The molecule has 3 rings (SSSR count). The molecule has 0 radical (unpaired) electrons. The van der Waals surface area contributed by atoms with Crippen LogP contribution < -0.4 is 4.57 Å². The summed E-state index contributed by atoms with van der Waals surface area (Å²) >= 11 is 0. The second-order valence-electron chi connectivity index (χ2n) is 5.53. The van der Waals surface area contributed by atoms with Crippen LogP contribution in [0.2, 0.25) is 0 Å². The highest BCUT2D eigenvalue weighted by Crippen LogP contribution is 2.22. The van der Waals surface area contributed by atoms with Crippen LogP contribution in [-0.2, 0) is 6.54 Å². The first kappa shape index (κ1) is 12.8. The number of aromatic nitrogens is 1. The molecule has 0 saturated carbocycles. The van der Waals surface area contributed by atoms with Crippen molar-refractivity contribution in [1.29, 1.82) is 0 Å². The molecular weight excluding hydrogens is 246 g/mol. The van der Waals surface area contributed by atoms with E-state index in [1.54, 1.807) is 0 Å². The van der Waals surface area contributed by atoms with Crippen molar-refractivity contribution < 1.29 is 9.36 Å². The first-order chi connectivity index (χ1) is 9.65. The Labute approximate surface area is 119 Å². The average Bonchev–Trinajstić information content (AvgIpc) is 2.90. The van der Waals surface area contributed by atoms with Gasteiger partial charge in [0.05, 0.1) is 5.56 Å². The van der Waals surface area contributed by atoms with E-state index in [0.717, 1.165) is 17.8 Å². The summed E-state index contributed by atoms with van der Waals surface area (Å²) in [5.74, 6) is 0.241. The zero-order valence-electron chi connectivity index (χ0n) is 11.8. The molecule has 2 aromatic rings. The fraction of sp³-hybridized carbons (Fsp3) is 0.222. The third kappa shape index (κ3) is 2.29. The Hall–Kier alpha value is -2.22. The van der Waals surface area contributed by atoms with Crippen molar-refractivity contribution in [2.75, 3.05) is 0 Å². The van der Waals surface area contributed by atoms with E-state index in [2.05, 4.69) is 34.9 Å². The lowest BCUT2D eigenvalue weighted by atomic mass is 10.0. The highest BCUT2D eigenvalue weighted by molar-refractivity contribution is 5.97. The fourth-order valence-corrected chi connectivity index (χ4v) is 2.54. The van der Waals surface area contributed by atoms with E-state index in [1.807, 2.05) is 38.2 Å². The van der Waals surface area contributed by atoms with Gasteiger partial charge in [-0.05, 0) is 11.6 Å². The molecule has 20 heavy (non-hydrogen) atoms. The monoisotopic (exact) mass is 264 g/mol. The number of rotatable bonds is 3. The fourth-order valence-electron chi connectivity index (χ4n) is 2.54. The summed E-state index contributed by atoms with van der Waals surface area (Å²) in [6.45, 7) is 4.71. The molecule has 1 aliphatic rings. The molecule has 1 aliphatic heterocycles. The number of hydrogen-bond acceptors (Lipinski definition) is 1. The van der Waals surface area contributed by atoms with E-state index >= 15 is 0 Å². The predicted molar refractivity (Wildman–Crippen MR) is 80.1 cm³/mol. The summed E-state index contributed by atoms with van der Waals surface area (Å²) in [5, 5.41) is 0. The number of ketones is 1. The third-order valence-electron chi connectivity index (χ3n) is 3.68. The lowest BCUT2D eigenvalue weighted by Gasteiger charge is -2.03. The molecule has 100 valence electrons. The number of carbonyl (C=O) groups excluding carboxylic acids is 1. The van der Waals surface area contributed by atoms with E-state index in [0.29, 0.717) is 0 Å². The molecule has 0 aliphatic carbocycles. The summed E-state index contributed by atoms with van der Waals surface area (Å²) in [7, 11) is 0. The molecule has 0 fully saturated rings. The van der Waals surface area contributed by atoms with E-state index in [4.69, 9.17) is 0 Å². The van der Waals surface area contributed by atoms with Gasteiger partial charge < -0.3 is 0 Å². The van der Waals surface area contributed by atoms with Crippen LogP contribution in [0.1, 0.15) is 35.5 Å². The summed E-state index contributed by atoms with van der Waals surface area (Å²) < 4.78 is 2.15. The minimum absolute atomic E-state index is 0.0385. The van der Waals surface area contributed by atoms with Crippen LogP contribution in [0.4, 0.5) is 0 Å². The number of hydrogen-bond donors (Lipinski definition) is 0. The van der Waals surface area contributed by atoms with Gasteiger partial charge in [-0.15, -0.1) is 0 Å². The number of benzene rings is 1. The number of fused-ring (bicyclic) bond motifs is 1. The topological polar surface area (TPSA) is 20.9 Å². The average molecular weight is 264 g/mol. The summed E-state index contributed by atoms with van der Waals surface area (Å²) in [4.78, 5) is 12.1. The van der Waals surface area contributed by atoms with Crippen LogP contribution in [0, 0.1) is 5.92 Å². The van der Waals surface area contributed by atoms with Gasteiger partial charge in [0.15, 0.2) is 18.5 Å². The molecule has 0 atom stereocenters. The van der Waals surface area contributed by atoms with E-state index < -0.39 is 0 Å². The number of Topliss-reactive ketones (excluding diaryl/α,β-unsaturated/α-hetero) is 1. The van der Waals surface area contributed by atoms with E-state index in [1.165, 1.54) is 11.1 Å². The van der Waals surface area contributed by atoms with E-state index in [9.17, 15) is 4.79 Å². The van der Waals surface area contributed by atoms with Gasteiger partial charge in [-0.1, -0.05) is 44.2 Å². The molecular formula is C18H18NO+. The first-order valence-corrected chi connectivity index (χ1v) is 6.99. The molecule has 2 heteroatoms. The molecule has 0 N–H and O–H groups in total. The second-order valence-corrected chi connectivity index (χ2v) is 5.53. The van der Waals surface area contributed by atoms with Crippen molar-refractivity contribution in [3.63, 3.8) is 0 Å². The van der Waals surface area contributed by atoms with Gasteiger partial charge in [0.25, 0.3) is 0 Å². The largest absolute Gasteiger partial charge is 0.294 e. The van der Waals surface area contributed by atoms with Crippen molar-refractivity contribution >= 4 is 17.4 Å². The quantitative estimate of drug-likeness (QED) is 0.615. The maximum absolute atomic E-state index is 12.1. The van der Waals surface area contributed by atoms with Crippen molar-refractivity contribution in [2.24, 2.45) is 5.92 Å². The molecule has 1 aromatic heterocycles. The lowest BCUT2D eigenvalue weighted by molar-refractivity contribution is -0.682. The molecule has 2 nitrogen and oxygen atoms in total. The van der Waals surface area contributed by atoms with Gasteiger partial charge in [0.2, 0.25) is 5.69 Å². The maximum atomic E-state index is 12.1.